The summed E-state index contributed by atoms with van der Waals surface area (Å²) in [5.41, 5.74) is 1.67. The van der Waals surface area contributed by atoms with Gasteiger partial charge in [-0.25, -0.2) is 0 Å². The Hall–Kier alpha value is -1.88. The second kappa shape index (κ2) is 7.59. The Labute approximate surface area is 137 Å². The van der Waals surface area contributed by atoms with E-state index >= 15 is 0 Å². The number of carbonyl (C=O) groups excluding carboxylic acids is 2. The first-order valence-corrected chi connectivity index (χ1v) is 8.24. The molecule has 0 aliphatic heterocycles. The van der Waals surface area contributed by atoms with Gasteiger partial charge in [-0.1, -0.05) is 12.1 Å². The van der Waals surface area contributed by atoms with Crippen LogP contribution in [0.5, 0.6) is 0 Å². The highest BCUT2D eigenvalue weighted by Gasteiger charge is 2.29. The molecule has 0 aromatic heterocycles. The first-order chi connectivity index (χ1) is 10.9. The molecule has 1 fully saturated rings. The fourth-order valence-corrected chi connectivity index (χ4v) is 2.46. The molecule has 2 N–H and O–H groups in total. The van der Waals surface area contributed by atoms with E-state index in [2.05, 4.69) is 5.32 Å². The summed E-state index contributed by atoms with van der Waals surface area (Å²) >= 11 is 0. The zero-order valence-corrected chi connectivity index (χ0v) is 14.1. The monoisotopic (exact) mass is 318 g/mol. The van der Waals surface area contributed by atoms with Gasteiger partial charge in [0.25, 0.3) is 0 Å². The molecular weight excluding hydrogens is 292 g/mol. The molecule has 1 atom stereocenters. The number of rotatable bonds is 7. The third-order valence-corrected chi connectivity index (χ3v) is 3.93. The lowest BCUT2D eigenvalue weighted by atomic mass is 10.1. The maximum Gasteiger partial charge on any atom is 0.227 e. The summed E-state index contributed by atoms with van der Waals surface area (Å²) in [4.78, 5) is 25.8. The number of nitrogens with one attached hydrogen (secondary N) is 1. The Morgan fingerprint density at radius 2 is 1.83 bits per heavy atom. The molecule has 1 aliphatic rings. The molecule has 0 spiro atoms. The summed E-state index contributed by atoms with van der Waals surface area (Å²) < 4.78 is 0. The zero-order valence-electron chi connectivity index (χ0n) is 14.1. The molecule has 1 saturated carbocycles. The smallest absolute Gasteiger partial charge is 0.227 e. The molecule has 1 aromatic rings. The number of hydrogen-bond donors (Lipinski definition) is 2. The Morgan fingerprint density at radius 3 is 2.30 bits per heavy atom. The molecule has 5 nitrogen and oxygen atoms in total. The second-order valence-corrected chi connectivity index (χ2v) is 6.63. The fraction of sp³-hybridized carbons (Fsp3) is 0.556. The Balaban J connectivity index is 1.93. The molecule has 2 rings (SSSR count). The normalized spacial score (nSPS) is 15.3. The third-order valence-electron chi connectivity index (χ3n) is 3.93. The molecule has 126 valence electrons. The van der Waals surface area contributed by atoms with Gasteiger partial charge >= 0.3 is 0 Å². The van der Waals surface area contributed by atoms with Gasteiger partial charge in [-0.3, -0.25) is 9.59 Å². The predicted molar refractivity (Wildman–Crippen MR) is 90.0 cm³/mol. The average molecular weight is 318 g/mol. The first kappa shape index (κ1) is 17.5. The van der Waals surface area contributed by atoms with Gasteiger partial charge < -0.3 is 15.3 Å². The van der Waals surface area contributed by atoms with Crippen LogP contribution in [0, 0.1) is 5.92 Å². The van der Waals surface area contributed by atoms with Crippen molar-refractivity contribution < 1.29 is 14.7 Å². The minimum atomic E-state index is -0.540. The number of benzene rings is 1. The fourth-order valence-electron chi connectivity index (χ4n) is 2.46. The molecule has 5 heteroatoms. The molecule has 1 aromatic carbocycles. The maximum absolute atomic E-state index is 12.4. The van der Waals surface area contributed by atoms with Gasteiger partial charge in [0, 0.05) is 24.2 Å². The standard InChI is InChI=1S/C18H26N2O3/c1-12(2)20(11-13(3)21)17(22)10-14-4-8-16(9-5-14)19-18(23)15-6-7-15/h4-5,8-9,12-13,15,21H,6-7,10-11H2,1-3H3,(H,19,23). The molecule has 1 unspecified atom stereocenters. The molecule has 23 heavy (non-hydrogen) atoms. The lowest BCUT2D eigenvalue weighted by molar-refractivity contribution is -0.133. The van der Waals surface area contributed by atoms with Crippen molar-refractivity contribution in [1.82, 2.24) is 4.90 Å². The van der Waals surface area contributed by atoms with Crippen LogP contribution < -0.4 is 5.32 Å². The number of aliphatic hydroxyl groups excluding tert-OH is 1. The van der Waals surface area contributed by atoms with Crippen molar-refractivity contribution in [3.05, 3.63) is 29.8 Å². The zero-order chi connectivity index (χ0) is 17.0. The summed E-state index contributed by atoms with van der Waals surface area (Å²) in [6.07, 6.45) is 1.71. The van der Waals surface area contributed by atoms with Crippen molar-refractivity contribution in [3.8, 4) is 0 Å². The van der Waals surface area contributed by atoms with E-state index in [9.17, 15) is 14.7 Å². The lowest BCUT2D eigenvalue weighted by Gasteiger charge is -2.28. The van der Waals surface area contributed by atoms with Crippen molar-refractivity contribution >= 4 is 17.5 Å². The van der Waals surface area contributed by atoms with Gasteiger partial charge in [-0.05, 0) is 51.3 Å². The SMILES string of the molecule is CC(O)CN(C(=O)Cc1ccc(NC(=O)C2CC2)cc1)C(C)C. The second-order valence-electron chi connectivity index (χ2n) is 6.63. The van der Waals surface area contributed by atoms with Crippen LogP contribution in [0.3, 0.4) is 0 Å². The van der Waals surface area contributed by atoms with E-state index in [0.717, 1.165) is 24.1 Å². The molecule has 0 radical (unpaired) electrons. The number of nitrogens with zero attached hydrogens (tertiary/aromatic N) is 1. The Morgan fingerprint density at radius 1 is 1.22 bits per heavy atom. The van der Waals surface area contributed by atoms with Crippen molar-refractivity contribution in [2.75, 3.05) is 11.9 Å². The summed E-state index contributed by atoms with van der Waals surface area (Å²) in [5, 5.41) is 12.4. The maximum atomic E-state index is 12.4. The summed E-state index contributed by atoms with van der Waals surface area (Å²) in [6, 6.07) is 7.44. The van der Waals surface area contributed by atoms with Crippen molar-refractivity contribution in [3.63, 3.8) is 0 Å². The van der Waals surface area contributed by atoms with E-state index in [1.165, 1.54) is 0 Å². The van der Waals surface area contributed by atoms with Crippen LogP contribution >= 0.6 is 0 Å². The van der Waals surface area contributed by atoms with Gasteiger partial charge in [0.2, 0.25) is 11.8 Å². The highest BCUT2D eigenvalue weighted by atomic mass is 16.3. The van der Waals surface area contributed by atoms with Crippen LogP contribution in [-0.4, -0.2) is 40.5 Å². The van der Waals surface area contributed by atoms with Crippen molar-refractivity contribution in [2.24, 2.45) is 5.92 Å². The highest BCUT2D eigenvalue weighted by molar-refractivity contribution is 5.94. The predicted octanol–water partition coefficient (Wildman–Crippen LogP) is 2.20. The Kier molecular flexibility index (Phi) is 5.77. The molecule has 2 amide bonds. The molecule has 0 heterocycles. The van der Waals surface area contributed by atoms with Crippen LogP contribution in [0.2, 0.25) is 0 Å². The summed E-state index contributed by atoms with van der Waals surface area (Å²) in [6.45, 7) is 5.90. The highest BCUT2D eigenvalue weighted by Crippen LogP contribution is 2.30. The molecule has 0 bridgehead atoms. The van der Waals surface area contributed by atoms with Gasteiger partial charge in [0.15, 0.2) is 0 Å². The van der Waals surface area contributed by atoms with E-state index < -0.39 is 6.10 Å². The van der Waals surface area contributed by atoms with Crippen LogP contribution in [0.15, 0.2) is 24.3 Å². The minimum Gasteiger partial charge on any atom is -0.392 e. The molecule has 1 aliphatic carbocycles. The van der Waals surface area contributed by atoms with E-state index in [1.807, 2.05) is 38.1 Å². The summed E-state index contributed by atoms with van der Waals surface area (Å²) in [5.74, 6) is 0.253. The van der Waals surface area contributed by atoms with Crippen LogP contribution in [0.1, 0.15) is 39.2 Å². The van der Waals surface area contributed by atoms with E-state index in [-0.39, 0.29) is 23.8 Å². The Bertz CT molecular complexity index is 548. The minimum absolute atomic E-state index is 0.00401. The lowest BCUT2D eigenvalue weighted by Crippen LogP contribution is -2.42. The van der Waals surface area contributed by atoms with Crippen molar-refractivity contribution in [1.29, 1.82) is 0 Å². The quantitative estimate of drug-likeness (QED) is 0.810. The van der Waals surface area contributed by atoms with Crippen LogP contribution in [0.4, 0.5) is 5.69 Å². The van der Waals surface area contributed by atoms with Gasteiger partial charge in [0.05, 0.1) is 12.5 Å². The molecular formula is C18H26N2O3. The average Bonchev–Trinajstić information content (AvgIpc) is 3.31. The van der Waals surface area contributed by atoms with Gasteiger partial charge in [-0.15, -0.1) is 0 Å². The van der Waals surface area contributed by atoms with Gasteiger partial charge in [-0.2, -0.15) is 0 Å². The van der Waals surface area contributed by atoms with Crippen molar-refractivity contribution in [2.45, 2.75) is 52.2 Å². The number of hydrogen-bond acceptors (Lipinski definition) is 3. The van der Waals surface area contributed by atoms with E-state index in [4.69, 9.17) is 0 Å². The van der Waals surface area contributed by atoms with E-state index in [1.54, 1.807) is 11.8 Å². The van der Waals surface area contributed by atoms with Gasteiger partial charge in [0.1, 0.15) is 0 Å². The van der Waals surface area contributed by atoms with E-state index in [0.29, 0.717) is 13.0 Å². The van der Waals surface area contributed by atoms with Crippen LogP contribution in [0.25, 0.3) is 0 Å². The molecule has 0 saturated heterocycles. The number of aliphatic hydroxyl groups is 1. The largest absolute Gasteiger partial charge is 0.392 e. The summed E-state index contributed by atoms with van der Waals surface area (Å²) in [7, 11) is 0. The topological polar surface area (TPSA) is 69.6 Å². The number of amides is 2. The van der Waals surface area contributed by atoms with Crippen LogP contribution in [-0.2, 0) is 16.0 Å². The number of anilines is 1. The first-order valence-electron chi connectivity index (χ1n) is 8.24. The third kappa shape index (κ3) is 5.36. The number of carbonyl (C=O) groups is 2.